The summed E-state index contributed by atoms with van der Waals surface area (Å²) in [6, 6.07) is 7.16. The Bertz CT molecular complexity index is 844. The number of rotatable bonds is 4. The number of hydrogen-bond acceptors (Lipinski definition) is 5. The van der Waals surface area contributed by atoms with Crippen LogP contribution >= 0.6 is 22.9 Å². The molecule has 7 heteroatoms. The summed E-state index contributed by atoms with van der Waals surface area (Å²) in [5.41, 5.74) is 1.31. The molecule has 3 aromatic rings. The predicted octanol–water partition coefficient (Wildman–Crippen LogP) is 3.26. The van der Waals surface area contributed by atoms with Gasteiger partial charge >= 0.3 is 0 Å². The summed E-state index contributed by atoms with van der Waals surface area (Å²) in [4.78, 5) is 19.0. The number of anilines is 1. The van der Waals surface area contributed by atoms with E-state index in [1.165, 1.54) is 11.3 Å². The third-order valence-electron chi connectivity index (χ3n) is 2.98. The minimum atomic E-state index is -0.122. The molecule has 0 aliphatic rings. The van der Waals surface area contributed by atoms with Gasteiger partial charge in [0.1, 0.15) is 16.3 Å². The molecule has 0 aliphatic carbocycles. The minimum absolute atomic E-state index is 0.122. The van der Waals surface area contributed by atoms with Gasteiger partial charge in [0, 0.05) is 6.07 Å². The molecule has 0 amide bonds. The molecule has 3 rings (SSSR count). The highest BCUT2D eigenvalue weighted by Crippen LogP contribution is 2.26. The van der Waals surface area contributed by atoms with Gasteiger partial charge < -0.3 is 15.0 Å². The van der Waals surface area contributed by atoms with Crippen molar-refractivity contribution >= 4 is 38.8 Å². The van der Waals surface area contributed by atoms with Crippen molar-refractivity contribution in [2.45, 2.75) is 6.54 Å². The molecular weight excluding hydrogens is 310 g/mol. The molecule has 21 heavy (non-hydrogen) atoms. The van der Waals surface area contributed by atoms with E-state index in [1.807, 2.05) is 11.4 Å². The molecule has 5 nitrogen and oxygen atoms in total. The van der Waals surface area contributed by atoms with Crippen molar-refractivity contribution in [3.63, 3.8) is 0 Å². The van der Waals surface area contributed by atoms with Gasteiger partial charge in [0.2, 0.25) is 0 Å². The van der Waals surface area contributed by atoms with Crippen LogP contribution < -0.4 is 15.6 Å². The fraction of sp³-hybridized carbons (Fsp3) is 0.143. The van der Waals surface area contributed by atoms with Crippen LogP contribution in [-0.4, -0.2) is 17.1 Å². The number of aromatic nitrogens is 2. The van der Waals surface area contributed by atoms with E-state index in [0.717, 1.165) is 5.69 Å². The predicted molar refractivity (Wildman–Crippen MR) is 85.6 cm³/mol. The van der Waals surface area contributed by atoms with Crippen LogP contribution in [0.4, 0.5) is 5.69 Å². The molecule has 0 radical (unpaired) electrons. The lowest BCUT2D eigenvalue weighted by molar-refractivity contribution is 0.415. The van der Waals surface area contributed by atoms with E-state index in [-0.39, 0.29) is 5.56 Å². The van der Waals surface area contributed by atoms with Crippen molar-refractivity contribution in [1.82, 2.24) is 9.97 Å². The lowest BCUT2D eigenvalue weighted by atomic mass is 10.3. The Morgan fingerprint density at radius 3 is 3.10 bits per heavy atom. The quantitative estimate of drug-likeness (QED) is 0.774. The van der Waals surface area contributed by atoms with Crippen LogP contribution in [0.1, 0.15) is 5.82 Å². The Labute approximate surface area is 129 Å². The van der Waals surface area contributed by atoms with Gasteiger partial charge in [0.25, 0.3) is 5.56 Å². The molecule has 0 unspecified atom stereocenters. The molecule has 2 heterocycles. The number of thiophene rings is 1. The molecule has 0 atom stereocenters. The van der Waals surface area contributed by atoms with Crippen molar-refractivity contribution in [3.8, 4) is 5.75 Å². The first-order valence-electron chi connectivity index (χ1n) is 6.21. The fourth-order valence-corrected chi connectivity index (χ4v) is 2.86. The van der Waals surface area contributed by atoms with Crippen LogP contribution in [-0.2, 0) is 6.54 Å². The van der Waals surface area contributed by atoms with Gasteiger partial charge in [-0.2, -0.15) is 0 Å². The van der Waals surface area contributed by atoms with Gasteiger partial charge in [-0.25, -0.2) is 4.98 Å². The van der Waals surface area contributed by atoms with Crippen molar-refractivity contribution in [2.24, 2.45) is 0 Å². The molecule has 0 saturated carbocycles. The van der Waals surface area contributed by atoms with Gasteiger partial charge in [-0.3, -0.25) is 4.79 Å². The highest BCUT2D eigenvalue weighted by atomic mass is 35.5. The van der Waals surface area contributed by atoms with Crippen LogP contribution in [0.2, 0.25) is 5.02 Å². The SMILES string of the molecule is COc1ccc(Cl)c(NCc2nc3ccsc3c(=O)[nH]2)c1. The highest BCUT2D eigenvalue weighted by Gasteiger charge is 2.06. The molecule has 2 N–H and O–H groups in total. The molecule has 108 valence electrons. The van der Waals surface area contributed by atoms with Gasteiger partial charge in [-0.05, 0) is 23.6 Å². The Morgan fingerprint density at radius 2 is 2.29 bits per heavy atom. The average molecular weight is 322 g/mol. The summed E-state index contributed by atoms with van der Waals surface area (Å²) in [5, 5.41) is 5.58. The summed E-state index contributed by atoms with van der Waals surface area (Å²) >= 11 is 7.50. The maximum atomic E-state index is 11.9. The number of aromatic amines is 1. The second-order valence-corrected chi connectivity index (χ2v) is 5.67. The molecule has 0 spiro atoms. The zero-order valence-corrected chi connectivity index (χ0v) is 12.7. The van der Waals surface area contributed by atoms with Crippen LogP contribution in [0, 0.1) is 0 Å². The van der Waals surface area contributed by atoms with E-state index in [1.54, 1.807) is 25.3 Å². The Kier molecular flexibility index (Phi) is 3.81. The smallest absolute Gasteiger partial charge is 0.268 e. The Hall–Kier alpha value is -2.05. The second kappa shape index (κ2) is 5.75. The first-order chi connectivity index (χ1) is 10.2. The monoisotopic (exact) mass is 321 g/mol. The second-order valence-electron chi connectivity index (χ2n) is 4.35. The average Bonchev–Trinajstić information content (AvgIpc) is 2.95. The third kappa shape index (κ3) is 2.86. The molecule has 2 aromatic heterocycles. The Morgan fingerprint density at radius 1 is 1.43 bits per heavy atom. The number of methoxy groups -OCH3 is 1. The zero-order valence-electron chi connectivity index (χ0n) is 11.1. The molecule has 0 saturated heterocycles. The van der Waals surface area contributed by atoms with Gasteiger partial charge in [-0.1, -0.05) is 11.6 Å². The fourth-order valence-electron chi connectivity index (χ4n) is 1.95. The van der Waals surface area contributed by atoms with E-state index in [4.69, 9.17) is 16.3 Å². The summed E-state index contributed by atoms with van der Waals surface area (Å²) < 4.78 is 5.79. The van der Waals surface area contributed by atoms with Gasteiger partial charge in [0.15, 0.2) is 0 Å². The first kappa shape index (κ1) is 13.9. The summed E-state index contributed by atoms with van der Waals surface area (Å²) in [6.07, 6.45) is 0. The van der Waals surface area contributed by atoms with E-state index < -0.39 is 0 Å². The van der Waals surface area contributed by atoms with E-state index in [9.17, 15) is 4.79 Å². The van der Waals surface area contributed by atoms with Crippen molar-refractivity contribution in [3.05, 3.63) is 50.8 Å². The van der Waals surface area contributed by atoms with E-state index in [0.29, 0.717) is 33.4 Å². The molecule has 0 fully saturated rings. The number of fused-ring (bicyclic) bond motifs is 1. The van der Waals surface area contributed by atoms with Crippen LogP contribution in [0.15, 0.2) is 34.4 Å². The topological polar surface area (TPSA) is 67.0 Å². The number of halogens is 1. The summed E-state index contributed by atoms with van der Waals surface area (Å²) in [7, 11) is 1.59. The number of nitrogens with one attached hydrogen (secondary N) is 2. The van der Waals surface area contributed by atoms with Crippen molar-refractivity contribution < 1.29 is 4.74 Å². The number of hydrogen-bond donors (Lipinski definition) is 2. The maximum absolute atomic E-state index is 11.9. The third-order valence-corrected chi connectivity index (χ3v) is 4.22. The number of benzene rings is 1. The number of ether oxygens (including phenoxy) is 1. The minimum Gasteiger partial charge on any atom is -0.497 e. The maximum Gasteiger partial charge on any atom is 0.268 e. The lowest BCUT2D eigenvalue weighted by Crippen LogP contribution is -2.13. The lowest BCUT2D eigenvalue weighted by Gasteiger charge is -2.09. The molecule has 0 aliphatic heterocycles. The zero-order chi connectivity index (χ0) is 14.8. The Balaban J connectivity index is 1.84. The van der Waals surface area contributed by atoms with E-state index in [2.05, 4.69) is 15.3 Å². The first-order valence-corrected chi connectivity index (χ1v) is 7.47. The number of H-pyrrole nitrogens is 1. The standard InChI is InChI=1S/C14H12ClN3O2S/c1-20-8-2-3-9(15)11(6-8)16-7-12-17-10-4-5-21-13(10)14(19)18-12/h2-6,16H,7H2,1H3,(H,17,18,19). The van der Waals surface area contributed by atoms with Gasteiger partial charge in [0.05, 0.1) is 29.9 Å². The normalized spacial score (nSPS) is 10.8. The molecular formula is C14H12ClN3O2S. The molecule has 0 bridgehead atoms. The van der Waals surface area contributed by atoms with Gasteiger partial charge in [-0.15, -0.1) is 11.3 Å². The largest absolute Gasteiger partial charge is 0.497 e. The highest BCUT2D eigenvalue weighted by molar-refractivity contribution is 7.17. The molecule has 1 aromatic carbocycles. The summed E-state index contributed by atoms with van der Waals surface area (Å²) in [6.45, 7) is 0.369. The van der Waals surface area contributed by atoms with Crippen LogP contribution in [0.25, 0.3) is 10.2 Å². The van der Waals surface area contributed by atoms with Crippen molar-refractivity contribution in [1.29, 1.82) is 0 Å². The van der Waals surface area contributed by atoms with Crippen LogP contribution in [0.5, 0.6) is 5.75 Å². The number of nitrogens with zero attached hydrogens (tertiary/aromatic N) is 1. The summed E-state index contributed by atoms with van der Waals surface area (Å²) in [5.74, 6) is 1.27. The van der Waals surface area contributed by atoms with Crippen molar-refractivity contribution in [2.75, 3.05) is 12.4 Å². The van der Waals surface area contributed by atoms with E-state index >= 15 is 0 Å². The van der Waals surface area contributed by atoms with Crippen LogP contribution in [0.3, 0.4) is 0 Å².